The second-order valence-electron chi connectivity index (χ2n) is 5.83. The van der Waals surface area contributed by atoms with E-state index >= 15 is 0 Å². The van der Waals surface area contributed by atoms with Gasteiger partial charge in [0.05, 0.1) is 6.61 Å². The summed E-state index contributed by atoms with van der Waals surface area (Å²) in [5.74, 6) is 0.910. The predicted octanol–water partition coefficient (Wildman–Crippen LogP) is 3.53. The first-order valence-corrected chi connectivity index (χ1v) is 8.50. The summed E-state index contributed by atoms with van der Waals surface area (Å²) < 4.78 is 5.79. The van der Waals surface area contributed by atoms with Gasteiger partial charge in [-0.25, -0.2) is 0 Å². The zero-order valence-electron chi connectivity index (χ0n) is 13.3. The molecule has 0 spiro atoms. The van der Waals surface area contributed by atoms with E-state index in [0.29, 0.717) is 11.7 Å². The van der Waals surface area contributed by atoms with Gasteiger partial charge in [0.2, 0.25) is 5.91 Å². The van der Waals surface area contributed by atoms with Crippen molar-refractivity contribution in [3.05, 3.63) is 60.2 Å². The fourth-order valence-electron chi connectivity index (χ4n) is 2.32. The lowest BCUT2D eigenvalue weighted by Crippen LogP contribution is -2.35. The van der Waals surface area contributed by atoms with E-state index in [1.54, 1.807) is 0 Å². The van der Waals surface area contributed by atoms with Crippen LogP contribution in [0, 0.1) is 5.92 Å². The van der Waals surface area contributed by atoms with Crippen molar-refractivity contribution < 1.29 is 9.53 Å². The summed E-state index contributed by atoms with van der Waals surface area (Å²) in [6, 6.07) is 17.8. The summed E-state index contributed by atoms with van der Waals surface area (Å²) in [5.41, 5.74) is 2.05. The van der Waals surface area contributed by atoms with Crippen LogP contribution in [0.1, 0.15) is 18.4 Å². The Hall–Kier alpha value is -2.40. The predicted molar refractivity (Wildman–Crippen MR) is 99.2 cm³/mol. The Bertz CT molecular complexity index is 714. The second kappa shape index (κ2) is 7.93. The van der Waals surface area contributed by atoms with Crippen LogP contribution in [-0.4, -0.2) is 17.6 Å². The zero-order chi connectivity index (χ0) is 16.8. The first-order valence-electron chi connectivity index (χ1n) is 8.09. The second-order valence-corrected chi connectivity index (χ2v) is 6.24. The van der Waals surface area contributed by atoms with Crippen LogP contribution in [-0.2, 0) is 11.2 Å². The van der Waals surface area contributed by atoms with Gasteiger partial charge in [0.25, 0.3) is 0 Å². The molecule has 0 radical (unpaired) electrons. The van der Waals surface area contributed by atoms with Crippen LogP contribution >= 0.6 is 12.2 Å². The van der Waals surface area contributed by atoms with Gasteiger partial charge in [0.1, 0.15) is 5.75 Å². The SMILES string of the molecule is O=C(NC(=S)Nc1cccc(OCCc2ccccc2)c1)C1CC1. The molecule has 0 bridgehead atoms. The molecule has 24 heavy (non-hydrogen) atoms. The summed E-state index contributed by atoms with van der Waals surface area (Å²) >= 11 is 5.17. The molecular formula is C19H20N2O2S. The van der Waals surface area contributed by atoms with Crippen molar-refractivity contribution in [2.45, 2.75) is 19.3 Å². The Morgan fingerprint density at radius 1 is 1.12 bits per heavy atom. The lowest BCUT2D eigenvalue weighted by Gasteiger charge is -2.11. The number of thiocarbonyl (C=S) groups is 1. The molecule has 5 heteroatoms. The molecule has 1 amide bonds. The number of amides is 1. The average molecular weight is 340 g/mol. The third-order valence-electron chi connectivity index (χ3n) is 3.78. The zero-order valence-corrected chi connectivity index (χ0v) is 14.1. The molecule has 0 atom stereocenters. The largest absolute Gasteiger partial charge is 0.493 e. The highest BCUT2D eigenvalue weighted by atomic mass is 32.1. The number of benzene rings is 2. The van der Waals surface area contributed by atoms with Crippen LogP contribution in [0.5, 0.6) is 5.75 Å². The number of nitrogens with one attached hydrogen (secondary N) is 2. The van der Waals surface area contributed by atoms with Gasteiger partial charge >= 0.3 is 0 Å². The lowest BCUT2D eigenvalue weighted by atomic mass is 10.2. The first kappa shape index (κ1) is 16.5. The van der Waals surface area contributed by atoms with Gasteiger partial charge < -0.3 is 15.4 Å². The monoisotopic (exact) mass is 340 g/mol. The molecule has 0 aromatic heterocycles. The van der Waals surface area contributed by atoms with E-state index in [0.717, 1.165) is 30.7 Å². The normalized spacial score (nSPS) is 13.2. The molecule has 2 aromatic carbocycles. The number of anilines is 1. The van der Waals surface area contributed by atoms with E-state index in [-0.39, 0.29) is 11.8 Å². The van der Waals surface area contributed by atoms with Crippen LogP contribution in [0.4, 0.5) is 5.69 Å². The van der Waals surface area contributed by atoms with E-state index in [2.05, 4.69) is 22.8 Å². The minimum atomic E-state index is 0.00256. The number of rotatable bonds is 6. The number of hydrogen-bond donors (Lipinski definition) is 2. The van der Waals surface area contributed by atoms with Crippen LogP contribution in [0.25, 0.3) is 0 Å². The van der Waals surface area contributed by atoms with E-state index in [1.165, 1.54) is 5.56 Å². The minimum Gasteiger partial charge on any atom is -0.493 e. The van der Waals surface area contributed by atoms with E-state index in [1.807, 2.05) is 42.5 Å². The molecule has 0 heterocycles. The molecule has 0 saturated heterocycles. The Morgan fingerprint density at radius 3 is 2.67 bits per heavy atom. The molecule has 124 valence electrons. The van der Waals surface area contributed by atoms with E-state index in [4.69, 9.17) is 17.0 Å². The quantitative estimate of drug-likeness (QED) is 0.790. The van der Waals surface area contributed by atoms with Gasteiger partial charge in [-0.05, 0) is 42.8 Å². The van der Waals surface area contributed by atoms with Crippen LogP contribution in [0.3, 0.4) is 0 Å². The highest BCUT2D eigenvalue weighted by Gasteiger charge is 2.29. The molecule has 3 rings (SSSR count). The molecule has 0 unspecified atom stereocenters. The molecule has 4 nitrogen and oxygen atoms in total. The third-order valence-corrected chi connectivity index (χ3v) is 3.98. The summed E-state index contributed by atoms with van der Waals surface area (Å²) in [5, 5.41) is 6.07. The molecule has 1 aliphatic carbocycles. The Morgan fingerprint density at radius 2 is 1.92 bits per heavy atom. The van der Waals surface area contributed by atoms with Gasteiger partial charge in [-0.1, -0.05) is 36.4 Å². The standard InChI is InChI=1S/C19H20N2O2S/c22-18(15-9-10-15)21-19(24)20-16-7-4-8-17(13-16)23-12-11-14-5-2-1-3-6-14/h1-8,13,15H,9-12H2,(H2,20,21,22,24). The maximum atomic E-state index is 11.7. The van der Waals surface area contributed by atoms with Gasteiger partial charge in [0.15, 0.2) is 5.11 Å². The molecule has 1 aliphatic rings. The van der Waals surface area contributed by atoms with Crippen molar-refractivity contribution in [2.24, 2.45) is 5.92 Å². The van der Waals surface area contributed by atoms with Gasteiger partial charge in [0, 0.05) is 24.1 Å². The number of carbonyl (C=O) groups excluding carboxylic acids is 1. The van der Waals surface area contributed by atoms with E-state index < -0.39 is 0 Å². The fourth-order valence-corrected chi connectivity index (χ4v) is 2.54. The highest BCUT2D eigenvalue weighted by molar-refractivity contribution is 7.80. The van der Waals surface area contributed by atoms with Crippen molar-refractivity contribution in [3.63, 3.8) is 0 Å². The maximum Gasteiger partial charge on any atom is 0.229 e. The third kappa shape index (κ3) is 5.06. The topological polar surface area (TPSA) is 50.4 Å². The van der Waals surface area contributed by atoms with Crippen molar-refractivity contribution in [3.8, 4) is 5.75 Å². The number of ether oxygens (including phenoxy) is 1. The minimum absolute atomic E-state index is 0.00256. The average Bonchev–Trinajstić information content (AvgIpc) is 3.41. The van der Waals surface area contributed by atoms with E-state index in [9.17, 15) is 4.79 Å². The summed E-state index contributed by atoms with van der Waals surface area (Å²) in [7, 11) is 0. The Kier molecular flexibility index (Phi) is 5.43. The first-order chi connectivity index (χ1) is 11.7. The van der Waals surface area contributed by atoms with Crippen LogP contribution in [0.2, 0.25) is 0 Å². The maximum absolute atomic E-state index is 11.7. The molecule has 2 aromatic rings. The van der Waals surface area contributed by atoms with Crippen molar-refractivity contribution in [1.29, 1.82) is 0 Å². The number of hydrogen-bond acceptors (Lipinski definition) is 3. The van der Waals surface area contributed by atoms with Gasteiger partial charge in [-0.3, -0.25) is 4.79 Å². The lowest BCUT2D eigenvalue weighted by molar-refractivity contribution is -0.120. The Balaban J connectivity index is 1.48. The van der Waals surface area contributed by atoms with Gasteiger partial charge in [-0.2, -0.15) is 0 Å². The van der Waals surface area contributed by atoms with Crippen LogP contribution < -0.4 is 15.4 Å². The fraction of sp³-hybridized carbons (Fsp3) is 0.263. The highest BCUT2D eigenvalue weighted by Crippen LogP contribution is 2.28. The number of carbonyl (C=O) groups is 1. The molecule has 1 fully saturated rings. The summed E-state index contributed by atoms with van der Waals surface area (Å²) in [6.07, 6.45) is 2.77. The van der Waals surface area contributed by atoms with Crippen molar-refractivity contribution >= 4 is 28.9 Å². The summed E-state index contributed by atoms with van der Waals surface area (Å²) in [4.78, 5) is 11.7. The molecule has 1 saturated carbocycles. The smallest absolute Gasteiger partial charge is 0.229 e. The van der Waals surface area contributed by atoms with Crippen LogP contribution in [0.15, 0.2) is 54.6 Å². The molecular weight excluding hydrogens is 320 g/mol. The molecule has 2 N–H and O–H groups in total. The van der Waals surface area contributed by atoms with Crippen molar-refractivity contribution in [1.82, 2.24) is 5.32 Å². The van der Waals surface area contributed by atoms with Gasteiger partial charge in [-0.15, -0.1) is 0 Å². The Labute approximate surface area is 147 Å². The summed E-state index contributed by atoms with van der Waals surface area (Å²) in [6.45, 7) is 0.607. The van der Waals surface area contributed by atoms with Crippen molar-refractivity contribution in [2.75, 3.05) is 11.9 Å². The molecule has 0 aliphatic heterocycles.